The summed E-state index contributed by atoms with van der Waals surface area (Å²) < 4.78 is 5.35. The van der Waals surface area contributed by atoms with E-state index >= 15 is 0 Å². The zero-order valence-corrected chi connectivity index (χ0v) is 11.9. The molecule has 1 aliphatic carbocycles. The predicted octanol–water partition coefficient (Wildman–Crippen LogP) is 2.63. The SMILES string of the molecule is COc1ccc(C)cc1CC(=O)C1(CN)CCCC1. The molecule has 0 saturated heterocycles. The summed E-state index contributed by atoms with van der Waals surface area (Å²) in [6.45, 7) is 2.50. The van der Waals surface area contributed by atoms with Crippen molar-refractivity contribution in [3.63, 3.8) is 0 Å². The van der Waals surface area contributed by atoms with E-state index in [2.05, 4.69) is 0 Å². The molecule has 0 bridgehead atoms. The number of carbonyl (C=O) groups is 1. The van der Waals surface area contributed by atoms with Gasteiger partial charge >= 0.3 is 0 Å². The van der Waals surface area contributed by atoms with Crippen molar-refractivity contribution in [1.82, 2.24) is 0 Å². The number of ether oxygens (including phenoxy) is 1. The van der Waals surface area contributed by atoms with Gasteiger partial charge in [-0.2, -0.15) is 0 Å². The summed E-state index contributed by atoms with van der Waals surface area (Å²) in [4.78, 5) is 12.6. The highest BCUT2D eigenvalue weighted by Crippen LogP contribution is 2.39. The topological polar surface area (TPSA) is 52.3 Å². The molecule has 0 spiro atoms. The minimum absolute atomic E-state index is 0.274. The molecule has 104 valence electrons. The van der Waals surface area contributed by atoms with Crippen LogP contribution in [0.1, 0.15) is 36.8 Å². The lowest BCUT2D eigenvalue weighted by molar-refractivity contribution is -0.127. The minimum Gasteiger partial charge on any atom is -0.496 e. The molecule has 0 radical (unpaired) electrons. The second-order valence-electron chi connectivity index (χ2n) is 5.61. The average Bonchev–Trinajstić information content (AvgIpc) is 2.89. The highest BCUT2D eigenvalue weighted by molar-refractivity contribution is 5.87. The van der Waals surface area contributed by atoms with Gasteiger partial charge in [0, 0.05) is 23.9 Å². The fourth-order valence-electron chi connectivity index (χ4n) is 3.05. The van der Waals surface area contributed by atoms with Crippen LogP contribution >= 0.6 is 0 Å². The second-order valence-corrected chi connectivity index (χ2v) is 5.61. The van der Waals surface area contributed by atoms with Crippen LogP contribution in [0.3, 0.4) is 0 Å². The van der Waals surface area contributed by atoms with Crippen molar-refractivity contribution in [2.24, 2.45) is 11.1 Å². The van der Waals surface area contributed by atoms with Crippen molar-refractivity contribution < 1.29 is 9.53 Å². The number of aryl methyl sites for hydroxylation is 1. The van der Waals surface area contributed by atoms with Crippen LogP contribution in [0, 0.1) is 12.3 Å². The molecule has 0 heterocycles. The molecule has 1 saturated carbocycles. The lowest BCUT2D eigenvalue weighted by atomic mass is 9.79. The Morgan fingerprint density at radius 2 is 2.05 bits per heavy atom. The van der Waals surface area contributed by atoms with Crippen LogP contribution in [0.4, 0.5) is 0 Å². The lowest BCUT2D eigenvalue weighted by Gasteiger charge is -2.25. The third-order valence-corrected chi connectivity index (χ3v) is 4.33. The number of benzene rings is 1. The second kappa shape index (κ2) is 5.74. The van der Waals surface area contributed by atoms with Crippen LogP contribution in [-0.4, -0.2) is 19.4 Å². The predicted molar refractivity (Wildman–Crippen MR) is 76.4 cm³/mol. The third-order valence-electron chi connectivity index (χ3n) is 4.33. The van der Waals surface area contributed by atoms with Gasteiger partial charge in [0.05, 0.1) is 7.11 Å². The van der Waals surface area contributed by atoms with Crippen molar-refractivity contribution >= 4 is 5.78 Å². The summed E-state index contributed by atoms with van der Waals surface area (Å²) >= 11 is 0. The average molecular weight is 261 g/mol. The molecule has 19 heavy (non-hydrogen) atoms. The molecule has 0 amide bonds. The first-order valence-corrected chi connectivity index (χ1v) is 6.98. The first-order valence-electron chi connectivity index (χ1n) is 6.98. The number of nitrogens with two attached hydrogens (primary N) is 1. The standard InChI is InChI=1S/C16H23NO2/c1-12-5-6-14(19-2)13(9-12)10-15(18)16(11-17)7-3-4-8-16/h5-6,9H,3-4,7-8,10-11,17H2,1-2H3. The lowest BCUT2D eigenvalue weighted by Crippen LogP contribution is -2.37. The number of Topliss-reactive ketones (excluding diaryl/α,β-unsaturated/α-hetero) is 1. The maximum absolute atomic E-state index is 12.6. The molecule has 2 N–H and O–H groups in total. The minimum atomic E-state index is -0.283. The molecule has 2 rings (SSSR count). The first-order chi connectivity index (χ1) is 9.11. The fraction of sp³-hybridized carbons (Fsp3) is 0.562. The van der Waals surface area contributed by atoms with Gasteiger partial charge in [-0.05, 0) is 25.8 Å². The Labute approximate surface area is 115 Å². The largest absolute Gasteiger partial charge is 0.496 e. The van der Waals surface area contributed by atoms with Crippen molar-refractivity contribution in [3.05, 3.63) is 29.3 Å². The van der Waals surface area contributed by atoms with E-state index in [1.807, 2.05) is 25.1 Å². The highest BCUT2D eigenvalue weighted by atomic mass is 16.5. The van der Waals surface area contributed by atoms with Crippen LogP contribution in [0.2, 0.25) is 0 Å². The smallest absolute Gasteiger partial charge is 0.144 e. The van der Waals surface area contributed by atoms with E-state index in [0.717, 1.165) is 42.6 Å². The fourth-order valence-corrected chi connectivity index (χ4v) is 3.05. The Morgan fingerprint density at radius 1 is 1.37 bits per heavy atom. The van der Waals surface area contributed by atoms with Crippen molar-refractivity contribution in [1.29, 1.82) is 0 Å². The van der Waals surface area contributed by atoms with Gasteiger partial charge in [-0.1, -0.05) is 30.5 Å². The van der Waals surface area contributed by atoms with Gasteiger partial charge in [-0.25, -0.2) is 0 Å². The number of ketones is 1. The number of rotatable bonds is 5. The molecular weight excluding hydrogens is 238 g/mol. The van der Waals surface area contributed by atoms with Crippen molar-refractivity contribution in [2.45, 2.75) is 39.0 Å². The van der Waals surface area contributed by atoms with Gasteiger partial charge in [-0.3, -0.25) is 4.79 Å². The van der Waals surface area contributed by atoms with E-state index in [9.17, 15) is 4.79 Å². The molecule has 1 fully saturated rings. The van der Waals surface area contributed by atoms with E-state index in [1.54, 1.807) is 7.11 Å². The summed E-state index contributed by atoms with van der Waals surface area (Å²) in [5.41, 5.74) is 7.72. The molecule has 3 heteroatoms. The highest BCUT2D eigenvalue weighted by Gasteiger charge is 2.39. The third kappa shape index (κ3) is 2.81. The summed E-state index contributed by atoms with van der Waals surface area (Å²) in [5.74, 6) is 1.07. The summed E-state index contributed by atoms with van der Waals surface area (Å²) in [5, 5.41) is 0. The van der Waals surface area contributed by atoms with Gasteiger partial charge in [-0.15, -0.1) is 0 Å². The number of carbonyl (C=O) groups excluding carboxylic acids is 1. The number of methoxy groups -OCH3 is 1. The van der Waals surface area contributed by atoms with E-state index in [1.165, 1.54) is 0 Å². The summed E-state index contributed by atoms with van der Waals surface area (Å²) in [6, 6.07) is 5.97. The Kier molecular flexibility index (Phi) is 4.25. The van der Waals surface area contributed by atoms with Crippen LogP contribution in [0.25, 0.3) is 0 Å². The van der Waals surface area contributed by atoms with Crippen LogP contribution in [0.15, 0.2) is 18.2 Å². The molecule has 0 aromatic heterocycles. The van der Waals surface area contributed by atoms with Crippen LogP contribution in [-0.2, 0) is 11.2 Å². The first kappa shape index (κ1) is 14.1. The molecule has 1 aliphatic rings. The van der Waals surface area contributed by atoms with Crippen molar-refractivity contribution in [3.8, 4) is 5.75 Å². The zero-order chi connectivity index (χ0) is 13.9. The van der Waals surface area contributed by atoms with Gasteiger partial charge in [0.15, 0.2) is 0 Å². The maximum Gasteiger partial charge on any atom is 0.144 e. The normalized spacial score (nSPS) is 17.4. The molecule has 0 unspecified atom stereocenters. The summed E-state index contributed by atoms with van der Waals surface area (Å²) in [7, 11) is 1.65. The molecule has 1 aromatic rings. The van der Waals surface area contributed by atoms with Gasteiger partial charge in [0.2, 0.25) is 0 Å². The number of hydrogen-bond donors (Lipinski definition) is 1. The molecule has 1 aromatic carbocycles. The van der Waals surface area contributed by atoms with E-state index in [-0.39, 0.29) is 11.2 Å². The Hall–Kier alpha value is -1.35. The molecule has 0 aliphatic heterocycles. The monoisotopic (exact) mass is 261 g/mol. The molecular formula is C16H23NO2. The van der Waals surface area contributed by atoms with Crippen LogP contribution < -0.4 is 10.5 Å². The van der Waals surface area contributed by atoms with Gasteiger partial charge in [0.25, 0.3) is 0 Å². The molecule has 0 atom stereocenters. The van der Waals surface area contributed by atoms with E-state index < -0.39 is 0 Å². The van der Waals surface area contributed by atoms with Crippen LogP contribution in [0.5, 0.6) is 5.75 Å². The Balaban J connectivity index is 2.20. The van der Waals surface area contributed by atoms with Crippen molar-refractivity contribution in [2.75, 3.05) is 13.7 Å². The van der Waals surface area contributed by atoms with E-state index in [0.29, 0.717) is 13.0 Å². The van der Waals surface area contributed by atoms with Gasteiger partial charge in [0.1, 0.15) is 11.5 Å². The quantitative estimate of drug-likeness (QED) is 0.886. The maximum atomic E-state index is 12.6. The zero-order valence-electron chi connectivity index (χ0n) is 11.9. The van der Waals surface area contributed by atoms with Gasteiger partial charge < -0.3 is 10.5 Å². The van der Waals surface area contributed by atoms with E-state index in [4.69, 9.17) is 10.5 Å². The Bertz CT molecular complexity index is 462. The summed E-state index contributed by atoms with van der Waals surface area (Å²) in [6.07, 6.45) is 4.55. The molecule has 3 nitrogen and oxygen atoms in total. The Morgan fingerprint density at radius 3 is 2.63 bits per heavy atom. The number of hydrogen-bond acceptors (Lipinski definition) is 3.